The Hall–Kier alpha value is -1.09. The highest BCUT2D eigenvalue weighted by Gasteiger charge is 2.45. The molecule has 0 aromatic carbocycles. The molecule has 5 N–H and O–H groups in total. The van der Waals surface area contributed by atoms with Gasteiger partial charge in [-0.25, -0.2) is 4.79 Å². The van der Waals surface area contributed by atoms with Gasteiger partial charge in [-0.05, 0) is 22.6 Å². The van der Waals surface area contributed by atoms with E-state index in [4.69, 9.17) is 9.84 Å². The molecule has 2 heterocycles. The average molecular weight is 492 g/mol. The smallest absolute Gasteiger partial charge is 0.339 e. The van der Waals surface area contributed by atoms with Crippen molar-refractivity contribution in [2.24, 2.45) is 0 Å². The SMILES string of the molecule is O=C(O)CP(=O)(O)OC[C@H]1O[C@@H](n2cc(I)c(=O)[nH]c2=O)[C@@H](O)[C@@H]1O. The molecule has 1 aromatic heterocycles. The number of carboxylic acids is 1. The highest BCUT2D eigenvalue weighted by Crippen LogP contribution is 2.42. The van der Waals surface area contributed by atoms with Gasteiger partial charge in [0.25, 0.3) is 5.56 Å². The van der Waals surface area contributed by atoms with Crippen LogP contribution in [-0.4, -0.2) is 66.8 Å². The summed E-state index contributed by atoms with van der Waals surface area (Å²) in [4.78, 5) is 45.0. The molecule has 1 fully saturated rings. The van der Waals surface area contributed by atoms with Gasteiger partial charge in [0, 0.05) is 6.20 Å². The third-order valence-electron chi connectivity index (χ3n) is 3.31. The van der Waals surface area contributed by atoms with Gasteiger partial charge in [0.2, 0.25) is 0 Å². The van der Waals surface area contributed by atoms with E-state index in [-0.39, 0.29) is 3.57 Å². The molecule has 2 rings (SSSR count). The van der Waals surface area contributed by atoms with Crippen molar-refractivity contribution in [3.63, 3.8) is 0 Å². The number of aromatic nitrogens is 2. The van der Waals surface area contributed by atoms with Crippen molar-refractivity contribution < 1.29 is 38.8 Å². The first-order valence-electron chi connectivity index (χ1n) is 6.72. The first-order chi connectivity index (χ1) is 11.5. The van der Waals surface area contributed by atoms with Crippen molar-refractivity contribution in [3.8, 4) is 0 Å². The minimum Gasteiger partial charge on any atom is -0.481 e. The molecule has 0 bridgehead atoms. The second kappa shape index (κ2) is 7.65. The third kappa shape index (κ3) is 4.75. The Balaban J connectivity index is 2.15. The van der Waals surface area contributed by atoms with E-state index >= 15 is 0 Å². The molecular formula is C11H14IN2O10P. The van der Waals surface area contributed by atoms with Gasteiger partial charge in [-0.2, -0.15) is 0 Å². The summed E-state index contributed by atoms with van der Waals surface area (Å²) < 4.78 is 22.4. The predicted molar refractivity (Wildman–Crippen MR) is 88.2 cm³/mol. The van der Waals surface area contributed by atoms with E-state index in [2.05, 4.69) is 4.52 Å². The van der Waals surface area contributed by atoms with Crippen LogP contribution < -0.4 is 11.2 Å². The summed E-state index contributed by atoms with van der Waals surface area (Å²) in [7, 11) is -4.45. The fourth-order valence-electron chi connectivity index (χ4n) is 2.15. The van der Waals surface area contributed by atoms with Crippen LogP contribution in [0.1, 0.15) is 6.23 Å². The average Bonchev–Trinajstić information content (AvgIpc) is 2.76. The topological polar surface area (TPSA) is 188 Å². The number of halogens is 1. The summed E-state index contributed by atoms with van der Waals surface area (Å²) in [5.41, 5.74) is -1.52. The Kier molecular flexibility index (Phi) is 6.19. The standard InChI is InChI=1S/C11H14IN2O10P/c12-4-1-14(11(20)13-9(4)19)10-8(18)7(17)5(24-10)2-23-25(21,22)3-6(15)16/h1,5,7-8,10,17-18H,2-3H2,(H,15,16)(H,21,22)(H,13,19,20)/t5-,7-,8+,10-/m1/s1. The lowest BCUT2D eigenvalue weighted by Crippen LogP contribution is -2.38. The monoisotopic (exact) mass is 492 g/mol. The molecule has 1 aliphatic heterocycles. The molecule has 1 saturated heterocycles. The van der Waals surface area contributed by atoms with E-state index in [0.29, 0.717) is 0 Å². The van der Waals surface area contributed by atoms with E-state index in [1.807, 2.05) is 4.98 Å². The van der Waals surface area contributed by atoms with Gasteiger partial charge in [0.15, 0.2) is 6.23 Å². The number of hydrogen-bond acceptors (Lipinski definition) is 8. The second-order valence-electron chi connectivity index (χ2n) is 5.17. The van der Waals surface area contributed by atoms with Crippen LogP contribution in [0, 0.1) is 3.57 Å². The van der Waals surface area contributed by atoms with Crippen molar-refractivity contribution in [1.82, 2.24) is 9.55 Å². The van der Waals surface area contributed by atoms with Gasteiger partial charge < -0.3 is 29.5 Å². The number of carbonyl (C=O) groups is 1. The highest BCUT2D eigenvalue weighted by molar-refractivity contribution is 14.1. The van der Waals surface area contributed by atoms with Gasteiger partial charge in [-0.15, -0.1) is 0 Å². The van der Waals surface area contributed by atoms with Crippen LogP contribution in [0.15, 0.2) is 15.8 Å². The largest absolute Gasteiger partial charge is 0.481 e. The van der Waals surface area contributed by atoms with Gasteiger partial charge in [0.05, 0.1) is 10.2 Å². The van der Waals surface area contributed by atoms with Gasteiger partial charge in [-0.3, -0.25) is 23.7 Å². The molecule has 0 amide bonds. The molecular weight excluding hydrogens is 478 g/mol. The first kappa shape index (κ1) is 20.2. The maximum Gasteiger partial charge on any atom is 0.339 e. The number of H-pyrrole nitrogens is 1. The van der Waals surface area contributed by atoms with Crippen LogP contribution in [0.25, 0.3) is 0 Å². The molecule has 0 aliphatic carbocycles. The molecule has 1 aromatic rings. The normalized spacial score (nSPS) is 28.6. The quantitative estimate of drug-likeness (QED) is 0.221. The number of nitrogens with one attached hydrogen (secondary N) is 1. The van der Waals surface area contributed by atoms with Crippen LogP contribution in [0.2, 0.25) is 0 Å². The first-order valence-corrected chi connectivity index (χ1v) is 9.56. The molecule has 14 heteroatoms. The number of ether oxygens (including phenoxy) is 1. The summed E-state index contributed by atoms with van der Waals surface area (Å²) >= 11 is 1.66. The number of nitrogens with zero attached hydrogens (tertiary/aromatic N) is 1. The Labute approximate surface area is 152 Å². The summed E-state index contributed by atoms with van der Waals surface area (Å²) in [5.74, 6) is -1.55. The number of rotatable bonds is 6. The minimum atomic E-state index is -4.45. The third-order valence-corrected chi connectivity index (χ3v) is 5.30. The zero-order valence-corrected chi connectivity index (χ0v) is 15.4. The molecule has 0 spiro atoms. The van der Waals surface area contributed by atoms with Crippen LogP contribution in [0.5, 0.6) is 0 Å². The van der Waals surface area contributed by atoms with Crippen LogP contribution in [-0.2, 0) is 18.6 Å². The maximum atomic E-state index is 11.8. The van der Waals surface area contributed by atoms with Gasteiger partial charge in [-0.1, -0.05) is 0 Å². The molecule has 1 unspecified atom stereocenters. The predicted octanol–water partition coefficient (Wildman–Crippen LogP) is -1.95. The van der Waals surface area contributed by atoms with E-state index < -0.39 is 62.1 Å². The number of hydrogen-bond donors (Lipinski definition) is 5. The lowest BCUT2D eigenvalue weighted by molar-refractivity contribution is -0.134. The number of aliphatic hydroxyl groups is 2. The summed E-state index contributed by atoms with van der Waals surface area (Å²) in [5, 5.41) is 28.5. The van der Waals surface area contributed by atoms with E-state index in [1.54, 1.807) is 22.6 Å². The van der Waals surface area contributed by atoms with Crippen molar-refractivity contribution in [2.45, 2.75) is 24.5 Å². The van der Waals surface area contributed by atoms with Crippen molar-refractivity contribution in [3.05, 3.63) is 30.6 Å². The van der Waals surface area contributed by atoms with Crippen LogP contribution in [0.4, 0.5) is 0 Å². The van der Waals surface area contributed by atoms with Gasteiger partial charge in [0.1, 0.15) is 24.5 Å². The molecule has 0 saturated carbocycles. The van der Waals surface area contributed by atoms with E-state index in [9.17, 15) is 34.1 Å². The molecule has 0 radical (unpaired) electrons. The van der Waals surface area contributed by atoms with Crippen LogP contribution >= 0.6 is 30.2 Å². The highest BCUT2D eigenvalue weighted by atomic mass is 127. The van der Waals surface area contributed by atoms with E-state index in [1.165, 1.54) is 0 Å². The lowest BCUT2D eigenvalue weighted by atomic mass is 10.1. The maximum absolute atomic E-state index is 11.8. The number of aliphatic carboxylic acids is 1. The molecule has 25 heavy (non-hydrogen) atoms. The second-order valence-corrected chi connectivity index (χ2v) is 8.19. The Bertz CT molecular complexity index is 822. The molecule has 5 atom stereocenters. The Morgan fingerprint density at radius 1 is 1.40 bits per heavy atom. The van der Waals surface area contributed by atoms with Crippen molar-refractivity contribution in [1.29, 1.82) is 0 Å². The fourth-order valence-corrected chi connectivity index (χ4v) is 3.40. The van der Waals surface area contributed by atoms with Crippen molar-refractivity contribution >= 4 is 36.2 Å². The Morgan fingerprint density at radius 3 is 2.64 bits per heavy atom. The van der Waals surface area contributed by atoms with Crippen molar-refractivity contribution in [2.75, 3.05) is 12.8 Å². The minimum absolute atomic E-state index is 0.128. The summed E-state index contributed by atoms with van der Waals surface area (Å²) in [6.45, 7) is -0.690. The van der Waals surface area contributed by atoms with E-state index in [0.717, 1.165) is 10.8 Å². The number of carboxylic acid groups (broad SMARTS) is 1. The molecule has 12 nitrogen and oxygen atoms in total. The summed E-state index contributed by atoms with van der Waals surface area (Å²) in [6.07, 6.45) is -5.87. The number of aromatic amines is 1. The molecule has 140 valence electrons. The fraction of sp³-hybridized carbons (Fsp3) is 0.545. The summed E-state index contributed by atoms with van der Waals surface area (Å²) in [6, 6.07) is 0. The zero-order chi connectivity index (χ0) is 18.9. The zero-order valence-electron chi connectivity index (χ0n) is 12.3. The van der Waals surface area contributed by atoms with Crippen LogP contribution in [0.3, 0.4) is 0 Å². The lowest BCUT2D eigenvalue weighted by Gasteiger charge is -2.17. The number of aliphatic hydroxyl groups excluding tert-OH is 2. The van der Waals surface area contributed by atoms with Gasteiger partial charge >= 0.3 is 19.3 Å². The molecule has 1 aliphatic rings. The Morgan fingerprint density at radius 2 is 2.04 bits per heavy atom.